The zero-order chi connectivity index (χ0) is 18.4. The summed E-state index contributed by atoms with van der Waals surface area (Å²) >= 11 is 0. The minimum absolute atomic E-state index is 0.203. The van der Waals surface area contributed by atoms with E-state index in [4.69, 9.17) is 0 Å². The standard InChI is InChI=1S/C20H16FN5O/c21-12-6-4-11(5-7-12)16-18-17-13(15(10-27)25-26-18)2-1-3-14(17)24-19(16)20-22-8-9-23-20/h1-10,15-16,19,24-25H,(H,22,23). The lowest BCUT2D eigenvalue weighted by Crippen LogP contribution is -2.39. The molecule has 2 aliphatic rings. The molecule has 2 aliphatic heterocycles. The second-order valence-electron chi connectivity index (χ2n) is 6.64. The van der Waals surface area contributed by atoms with Gasteiger partial charge in [0.25, 0.3) is 0 Å². The number of aldehydes is 1. The van der Waals surface area contributed by atoms with Crippen molar-refractivity contribution in [3.05, 3.63) is 83.2 Å². The fraction of sp³-hybridized carbons (Fsp3) is 0.150. The molecule has 134 valence electrons. The van der Waals surface area contributed by atoms with Gasteiger partial charge in [0.2, 0.25) is 0 Å². The Hall–Kier alpha value is -3.48. The van der Waals surface area contributed by atoms with Gasteiger partial charge < -0.3 is 15.1 Å². The van der Waals surface area contributed by atoms with Crippen molar-refractivity contribution in [1.82, 2.24) is 15.4 Å². The maximum Gasteiger partial charge on any atom is 0.148 e. The van der Waals surface area contributed by atoms with E-state index in [9.17, 15) is 9.18 Å². The van der Waals surface area contributed by atoms with Crippen LogP contribution in [0, 0.1) is 5.82 Å². The van der Waals surface area contributed by atoms with Crippen LogP contribution < -0.4 is 10.7 Å². The van der Waals surface area contributed by atoms with Gasteiger partial charge in [0.15, 0.2) is 0 Å². The quantitative estimate of drug-likeness (QED) is 0.626. The molecular formula is C20H16FN5O. The SMILES string of the molecule is O=CC1NN=C2c3c(cccc31)NC(c1ncc[nH]1)C2c1ccc(F)cc1. The number of halogens is 1. The van der Waals surface area contributed by atoms with Crippen LogP contribution in [-0.2, 0) is 4.79 Å². The van der Waals surface area contributed by atoms with E-state index in [-0.39, 0.29) is 17.8 Å². The van der Waals surface area contributed by atoms with Gasteiger partial charge in [-0.15, -0.1) is 0 Å². The molecule has 0 bridgehead atoms. The lowest BCUT2D eigenvalue weighted by molar-refractivity contribution is -0.109. The molecular weight excluding hydrogens is 345 g/mol. The summed E-state index contributed by atoms with van der Waals surface area (Å²) in [6, 6.07) is 11.5. The summed E-state index contributed by atoms with van der Waals surface area (Å²) in [6.45, 7) is 0. The lowest BCUT2D eigenvalue weighted by Gasteiger charge is -2.38. The second-order valence-corrected chi connectivity index (χ2v) is 6.64. The minimum Gasteiger partial charge on any atom is -0.374 e. The number of benzene rings is 2. The zero-order valence-corrected chi connectivity index (χ0v) is 14.2. The van der Waals surface area contributed by atoms with Crippen molar-refractivity contribution in [2.75, 3.05) is 5.32 Å². The van der Waals surface area contributed by atoms with Crippen LogP contribution in [0.5, 0.6) is 0 Å². The zero-order valence-electron chi connectivity index (χ0n) is 14.2. The normalized spacial score (nSPS) is 22.9. The Labute approximate surface area is 154 Å². The molecule has 0 saturated heterocycles. The van der Waals surface area contributed by atoms with Gasteiger partial charge in [-0.3, -0.25) is 5.43 Å². The molecule has 0 aliphatic carbocycles. The first kappa shape index (κ1) is 15.7. The Morgan fingerprint density at radius 1 is 1.11 bits per heavy atom. The summed E-state index contributed by atoms with van der Waals surface area (Å²) in [5.41, 5.74) is 7.38. The topological polar surface area (TPSA) is 82.2 Å². The fourth-order valence-electron chi connectivity index (χ4n) is 3.93. The van der Waals surface area contributed by atoms with Crippen LogP contribution in [0.2, 0.25) is 0 Å². The molecule has 3 N–H and O–H groups in total. The van der Waals surface area contributed by atoms with E-state index >= 15 is 0 Å². The second kappa shape index (κ2) is 6.05. The fourth-order valence-corrected chi connectivity index (χ4v) is 3.93. The Bertz CT molecular complexity index is 1030. The molecule has 7 heteroatoms. The average molecular weight is 361 g/mol. The van der Waals surface area contributed by atoms with Gasteiger partial charge in [0.1, 0.15) is 24.0 Å². The molecule has 3 heterocycles. The monoisotopic (exact) mass is 361 g/mol. The van der Waals surface area contributed by atoms with E-state index in [0.717, 1.165) is 40.2 Å². The molecule has 5 rings (SSSR count). The maximum absolute atomic E-state index is 13.5. The van der Waals surface area contributed by atoms with Gasteiger partial charge in [0.05, 0.1) is 17.7 Å². The van der Waals surface area contributed by atoms with Gasteiger partial charge in [-0.05, 0) is 29.3 Å². The number of hydrogen-bond donors (Lipinski definition) is 3. The first-order valence-electron chi connectivity index (χ1n) is 8.69. The number of rotatable bonds is 3. The number of anilines is 1. The van der Waals surface area contributed by atoms with Crippen LogP contribution in [0.3, 0.4) is 0 Å². The van der Waals surface area contributed by atoms with Gasteiger partial charge in [-0.2, -0.15) is 5.10 Å². The van der Waals surface area contributed by atoms with Crippen molar-refractivity contribution in [1.29, 1.82) is 0 Å². The molecule has 3 aromatic rings. The highest BCUT2D eigenvalue weighted by atomic mass is 19.1. The molecule has 1 aromatic heterocycles. The van der Waals surface area contributed by atoms with E-state index in [0.29, 0.717) is 0 Å². The summed E-state index contributed by atoms with van der Waals surface area (Å²) in [7, 11) is 0. The van der Waals surface area contributed by atoms with Crippen molar-refractivity contribution < 1.29 is 9.18 Å². The third kappa shape index (κ3) is 2.43. The van der Waals surface area contributed by atoms with E-state index in [1.807, 2.05) is 18.2 Å². The largest absolute Gasteiger partial charge is 0.374 e. The van der Waals surface area contributed by atoms with Crippen LogP contribution in [0.1, 0.15) is 40.5 Å². The number of carbonyl (C=O) groups excluding carboxylic acids is 1. The number of imidazole rings is 1. The predicted octanol–water partition coefficient (Wildman–Crippen LogP) is 3.05. The molecule has 0 spiro atoms. The first-order chi connectivity index (χ1) is 13.3. The Kier molecular flexibility index (Phi) is 3.53. The van der Waals surface area contributed by atoms with Crippen LogP contribution >= 0.6 is 0 Å². The number of hydrogen-bond acceptors (Lipinski definition) is 5. The van der Waals surface area contributed by atoms with Crippen LogP contribution in [0.4, 0.5) is 10.1 Å². The van der Waals surface area contributed by atoms with Gasteiger partial charge in [-0.25, -0.2) is 9.37 Å². The number of carbonyl (C=O) groups is 1. The predicted molar refractivity (Wildman–Crippen MR) is 99.0 cm³/mol. The van der Waals surface area contributed by atoms with Crippen molar-refractivity contribution in [3.8, 4) is 0 Å². The van der Waals surface area contributed by atoms with E-state index in [2.05, 4.69) is 25.8 Å². The number of nitrogens with zero attached hydrogens (tertiary/aromatic N) is 2. The number of aromatic amines is 1. The molecule has 3 atom stereocenters. The average Bonchev–Trinajstić information content (AvgIpc) is 3.24. The summed E-state index contributed by atoms with van der Waals surface area (Å²) in [6.07, 6.45) is 4.32. The van der Waals surface area contributed by atoms with E-state index < -0.39 is 6.04 Å². The van der Waals surface area contributed by atoms with E-state index in [1.54, 1.807) is 24.5 Å². The van der Waals surface area contributed by atoms with Crippen molar-refractivity contribution in [2.45, 2.75) is 18.0 Å². The number of nitrogens with one attached hydrogen (secondary N) is 3. The van der Waals surface area contributed by atoms with Gasteiger partial charge >= 0.3 is 0 Å². The highest BCUT2D eigenvalue weighted by molar-refractivity contribution is 6.13. The Morgan fingerprint density at radius 2 is 1.96 bits per heavy atom. The third-order valence-electron chi connectivity index (χ3n) is 5.13. The molecule has 0 radical (unpaired) electrons. The summed E-state index contributed by atoms with van der Waals surface area (Å²) in [5.74, 6) is 0.272. The minimum atomic E-state index is -0.487. The molecule has 27 heavy (non-hydrogen) atoms. The molecule has 0 fully saturated rings. The molecule has 3 unspecified atom stereocenters. The number of hydrazone groups is 1. The van der Waals surface area contributed by atoms with Crippen LogP contribution in [-0.4, -0.2) is 22.0 Å². The molecule has 0 saturated carbocycles. The Balaban J connectivity index is 1.72. The number of aromatic nitrogens is 2. The van der Waals surface area contributed by atoms with E-state index in [1.165, 1.54) is 12.1 Å². The Morgan fingerprint density at radius 3 is 2.70 bits per heavy atom. The smallest absolute Gasteiger partial charge is 0.148 e. The van der Waals surface area contributed by atoms with Gasteiger partial charge in [-0.1, -0.05) is 24.3 Å². The highest BCUT2D eigenvalue weighted by Crippen LogP contribution is 2.45. The molecule has 6 nitrogen and oxygen atoms in total. The van der Waals surface area contributed by atoms with Crippen LogP contribution in [0.15, 0.2) is 60.0 Å². The maximum atomic E-state index is 13.5. The van der Waals surface area contributed by atoms with Gasteiger partial charge in [0, 0.05) is 23.6 Å². The lowest BCUT2D eigenvalue weighted by atomic mass is 9.77. The highest BCUT2D eigenvalue weighted by Gasteiger charge is 2.40. The van der Waals surface area contributed by atoms with Crippen molar-refractivity contribution in [3.63, 3.8) is 0 Å². The van der Waals surface area contributed by atoms with Crippen LogP contribution in [0.25, 0.3) is 0 Å². The van der Waals surface area contributed by atoms with Crippen molar-refractivity contribution in [2.24, 2.45) is 5.10 Å². The summed E-state index contributed by atoms with van der Waals surface area (Å²) in [4.78, 5) is 19.1. The molecule has 0 amide bonds. The van der Waals surface area contributed by atoms with Crippen molar-refractivity contribution >= 4 is 17.7 Å². The third-order valence-corrected chi connectivity index (χ3v) is 5.13. The summed E-state index contributed by atoms with van der Waals surface area (Å²) < 4.78 is 13.5. The molecule has 2 aromatic carbocycles. The summed E-state index contributed by atoms with van der Waals surface area (Å²) in [5, 5.41) is 8.09. The first-order valence-corrected chi connectivity index (χ1v) is 8.69. The number of H-pyrrole nitrogens is 1.